The fourth-order valence-corrected chi connectivity index (χ4v) is 2.02. The minimum Gasteiger partial charge on any atom is -0.356 e. The quantitative estimate of drug-likeness (QED) is 0.789. The highest BCUT2D eigenvalue weighted by atomic mass is 19.4. The molecule has 1 rings (SSSR count). The molecule has 0 aliphatic heterocycles. The lowest BCUT2D eigenvalue weighted by atomic mass is 9.85. The molecule has 1 fully saturated rings. The summed E-state index contributed by atoms with van der Waals surface area (Å²) < 4.78 is 78.1. The zero-order chi connectivity index (χ0) is 14.1. The van der Waals surface area contributed by atoms with Crippen LogP contribution in [-0.4, -0.2) is 30.6 Å². The van der Waals surface area contributed by atoms with E-state index in [1.165, 1.54) is 0 Å². The molecule has 2 N–H and O–H groups in total. The normalized spacial score (nSPS) is 30.8. The van der Waals surface area contributed by atoms with Gasteiger partial charge >= 0.3 is 12.4 Å². The third-order valence-corrected chi connectivity index (χ3v) is 3.01. The largest absolute Gasteiger partial charge is 0.423 e. The Morgan fingerprint density at radius 1 is 1.06 bits per heavy atom. The van der Waals surface area contributed by atoms with E-state index in [2.05, 4.69) is 4.74 Å². The van der Waals surface area contributed by atoms with Crippen LogP contribution in [0.25, 0.3) is 0 Å². The van der Waals surface area contributed by atoms with E-state index in [9.17, 15) is 26.3 Å². The Balaban J connectivity index is 2.77. The average Bonchev–Trinajstić information content (AvgIpc) is 2.15. The van der Waals surface area contributed by atoms with Crippen molar-refractivity contribution >= 4 is 0 Å². The number of nitrogens with two attached hydrogens (primary N) is 1. The number of ether oxygens (including phenoxy) is 1. The topological polar surface area (TPSA) is 35.2 Å². The van der Waals surface area contributed by atoms with Crippen molar-refractivity contribution in [1.29, 1.82) is 0 Å². The summed E-state index contributed by atoms with van der Waals surface area (Å²) in [6.45, 7) is 1.75. The van der Waals surface area contributed by atoms with Crippen LogP contribution in [0, 0.1) is 5.92 Å². The first-order valence-corrected chi connectivity index (χ1v) is 5.56. The molecule has 0 spiro atoms. The van der Waals surface area contributed by atoms with E-state index in [1.54, 1.807) is 6.92 Å². The third kappa shape index (κ3) is 4.01. The van der Waals surface area contributed by atoms with Crippen molar-refractivity contribution in [2.75, 3.05) is 0 Å². The smallest absolute Gasteiger partial charge is 0.356 e. The second kappa shape index (κ2) is 5.24. The molecule has 1 saturated carbocycles. The van der Waals surface area contributed by atoms with Gasteiger partial charge in [0.05, 0.1) is 6.10 Å². The Bertz CT molecular complexity index is 263. The fourth-order valence-electron chi connectivity index (χ4n) is 2.02. The van der Waals surface area contributed by atoms with E-state index in [-0.39, 0.29) is 12.3 Å². The summed E-state index contributed by atoms with van der Waals surface area (Å²) in [6.07, 6.45) is -14.7. The molecule has 3 unspecified atom stereocenters. The molecule has 0 aromatic heterocycles. The highest BCUT2D eigenvalue weighted by Crippen LogP contribution is 2.38. The summed E-state index contributed by atoms with van der Waals surface area (Å²) >= 11 is 0. The van der Waals surface area contributed by atoms with Crippen LogP contribution in [0.2, 0.25) is 0 Å². The minimum absolute atomic E-state index is 0.0110. The fraction of sp³-hybridized carbons (Fsp3) is 1.00. The van der Waals surface area contributed by atoms with E-state index in [1.807, 2.05) is 0 Å². The van der Waals surface area contributed by atoms with Gasteiger partial charge in [0.15, 0.2) is 0 Å². The van der Waals surface area contributed by atoms with Crippen LogP contribution >= 0.6 is 0 Å². The van der Waals surface area contributed by atoms with Crippen LogP contribution in [0.3, 0.4) is 0 Å². The molecule has 8 heteroatoms. The first kappa shape index (κ1) is 15.6. The lowest BCUT2D eigenvalue weighted by molar-refractivity contribution is -0.333. The monoisotopic (exact) mass is 279 g/mol. The number of rotatable bonds is 2. The molecule has 1 aliphatic carbocycles. The highest BCUT2D eigenvalue weighted by molar-refractivity contribution is 4.86. The Hall–Kier alpha value is -0.500. The summed E-state index contributed by atoms with van der Waals surface area (Å²) in [5.41, 5.74) is 5.52. The molecular weight excluding hydrogens is 264 g/mol. The van der Waals surface area contributed by atoms with Gasteiger partial charge in [0.1, 0.15) is 0 Å². The first-order chi connectivity index (χ1) is 8.01. The molecule has 108 valence electrons. The van der Waals surface area contributed by atoms with Gasteiger partial charge in [0.25, 0.3) is 0 Å². The van der Waals surface area contributed by atoms with E-state index >= 15 is 0 Å². The molecule has 18 heavy (non-hydrogen) atoms. The average molecular weight is 279 g/mol. The minimum atomic E-state index is -5.47. The van der Waals surface area contributed by atoms with Gasteiger partial charge in [-0.05, 0) is 25.2 Å². The van der Waals surface area contributed by atoms with E-state index in [4.69, 9.17) is 5.73 Å². The molecule has 0 heterocycles. The summed E-state index contributed by atoms with van der Waals surface area (Å²) in [6, 6.07) is -0.784. The van der Waals surface area contributed by atoms with Gasteiger partial charge in [0.2, 0.25) is 6.10 Å². The molecule has 0 aromatic carbocycles. The third-order valence-electron chi connectivity index (χ3n) is 3.01. The predicted octanol–water partition coefficient (Wildman–Crippen LogP) is 3.01. The standard InChI is InChI=1S/C10H15F6NO/c1-5-2-3-6(17)7(4-5)18-8(9(11,12)13)10(14,15)16/h5-8H,2-4,17H2,1H3. The maximum atomic E-state index is 12.3. The number of alkyl halides is 6. The van der Waals surface area contributed by atoms with Crippen LogP contribution < -0.4 is 5.73 Å². The molecular formula is C10H15F6NO. The van der Waals surface area contributed by atoms with Crippen LogP contribution in [-0.2, 0) is 4.74 Å². The Morgan fingerprint density at radius 2 is 1.56 bits per heavy atom. The van der Waals surface area contributed by atoms with Crippen LogP contribution in [0.4, 0.5) is 26.3 Å². The second-order valence-electron chi connectivity index (χ2n) is 4.72. The lowest BCUT2D eigenvalue weighted by Crippen LogP contribution is -2.51. The summed E-state index contributed by atoms with van der Waals surface area (Å²) in [7, 11) is 0. The van der Waals surface area contributed by atoms with Gasteiger partial charge in [-0.15, -0.1) is 0 Å². The van der Waals surface area contributed by atoms with E-state index in [0.29, 0.717) is 12.8 Å². The SMILES string of the molecule is CC1CCC(N)C(OC(C(F)(F)F)C(F)(F)F)C1. The van der Waals surface area contributed by atoms with Crippen LogP contribution in [0.5, 0.6) is 0 Å². The van der Waals surface area contributed by atoms with Crippen molar-refractivity contribution in [2.24, 2.45) is 11.7 Å². The van der Waals surface area contributed by atoms with Gasteiger partial charge in [-0.25, -0.2) is 0 Å². The molecule has 0 bridgehead atoms. The molecule has 3 atom stereocenters. The van der Waals surface area contributed by atoms with Crippen molar-refractivity contribution in [3.63, 3.8) is 0 Å². The zero-order valence-electron chi connectivity index (χ0n) is 9.68. The van der Waals surface area contributed by atoms with Crippen LogP contribution in [0.1, 0.15) is 26.2 Å². The van der Waals surface area contributed by atoms with Crippen molar-refractivity contribution in [3.05, 3.63) is 0 Å². The van der Waals surface area contributed by atoms with Crippen LogP contribution in [0.15, 0.2) is 0 Å². The molecule has 2 nitrogen and oxygen atoms in total. The molecule has 1 aliphatic rings. The summed E-state index contributed by atoms with van der Waals surface area (Å²) in [5.74, 6) is 0.0110. The van der Waals surface area contributed by atoms with Crippen molar-refractivity contribution in [1.82, 2.24) is 0 Å². The van der Waals surface area contributed by atoms with Gasteiger partial charge in [-0.2, -0.15) is 26.3 Å². The molecule has 0 amide bonds. The number of hydrogen-bond donors (Lipinski definition) is 1. The van der Waals surface area contributed by atoms with Crippen molar-refractivity contribution in [2.45, 2.75) is 56.8 Å². The Labute approximate surface area is 100 Å². The highest BCUT2D eigenvalue weighted by Gasteiger charge is 2.59. The Morgan fingerprint density at radius 3 is 2.00 bits per heavy atom. The maximum Gasteiger partial charge on any atom is 0.423 e. The lowest BCUT2D eigenvalue weighted by Gasteiger charge is -2.35. The summed E-state index contributed by atoms with van der Waals surface area (Å²) in [5, 5.41) is 0. The number of hydrogen-bond acceptors (Lipinski definition) is 2. The van der Waals surface area contributed by atoms with Gasteiger partial charge in [-0.1, -0.05) is 6.92 Å². The number of halogens is 6. The first-order valence-electron chi connectivity index (χ1n) is 5.56. The van der Waals surface area contributed by atoms with Gasteiger partial charge in [0, 0.05) is 6.04 Å². The van der Waals surface area contributed by atoms with Gasteiger partial charge in [-0.3, -0.25) is 0 Å². The predicted molar refractivity (Wildman–Crippen MR) is 51.8 cm³/mol. The summed E-state index contributed by atoms with van der Waals surface area (Å²) in [4.78, 5) is 0. The molecule has 0 aromatic rings. The second-order valence-corrected chi connectivity index (χ2v) is 4.72. The van der Waals surface area contributed by atoms with Crippen molar-refractivity contribution < 1.29 is 31.1 Å². The van der Waals surface area contributed by atoms with Crippen molar-refractivity contribution in [3.8, 4) is 0 Å². The Kier molecular flexibility index (Phi) is 4.53. The zero-order valence-corrected chi connectivity index (χ0v) is 9.68. The van der Waals surface area contributed by atoms with E-state index in [0.717, 1.165) is 0 Å². The van der Waals surface area contributed by atoms with Gasteiger partial charge < -0.3 is 10.5 Å². The molecule has 0 radical (unpaired) electrons. The molecule has 0 saturated heterocycles. The van der Waals surface area contributed by atoms with E-state index < -0.39 is 30.6 Å². The maximum absolute atomic E-state index is 12.3.